The molecule has 0 amide bonds. The van der Waals surface area contributed by atoms with Crippen molar-refractivity contribution in [1.82, 2.24) is 0 Å². The van der Waals surface area contributed by atoms with Crippen molar-refractivity contribution in [2.24, 2.45) is 9.98 Å². The predicted octanol–water partition coefficient (Wildman–Crippen LogP) is -0.971. The van der Waals surface area contributed by atoms with Crippen LogP contribution in [0.4, 0.5) is 0 Å². The zero-order valence-corrected chi connectivity index (χ0v) is 4.69. The van der Waals surface area contributed by atoms with Crippen LogP contribution in [0.15, 0.2) is 9.98 Å². The molecule has 9 heavy (non-hydrogen) atoms. The molecule has 1 aliphatic rings. The topological polar surface area (TPSA) is 62.0 Å². The summed E-state index contributed by atoms with van der Waals surface area (Å²) in [5.41, 5.74) is -1.21. The number of rotatable bonds is 2. The van der Waals surface area contributed by atoms with Crippen molar-refractivity contribution in [2.45, 2.75) is 5.66 Å². The number of aldehydes is 1. The Labute approximate surface area is 51.9 Å². The van der Waals surface area contributed by atoms with Gasteiger partial charge in [-0.05, 0) is 0 Å². The lowest BCUT2D eigenvalue weighted by molar-refractivity contribution is -0.112. The first-order valence-corrected chi connectivity index (χ1v) is 2.49. The fourth-order valence-electron chi connectivity index (χ4n) is 0.538. The quantitative estimate of drug-likeness (QED) is 0.484. The summed E-state index contributed by atoms with van der Waals surface area (Å²) in [6, 6.07) is 0. The molecule has 48 valence electrons. The number of aliphatic hydroxyl groups excluding tert-OH is 1. The summed E-state index contributed by atoms with van der Waals surface area (Å²) in [6.45, 7) is -0.358. The van der Waals surface area contributed by atoms with Gasteiger partial charge >= 0.3 is 0 Å². The van der Waals surface area contributed by atoms with Crippen LogP contribution in [0.3, 0.4) is 0 Å². The molecule has 0 saturated heterocycles. The molecule has 0 unspecified atom stereocenters. The van der Waals surface area contributed by atoms with Crippen LogP contribution in [0, 0.1) is 0 Å². The Morgan fingerprint density at radius 2 is 2.11 bits per heavy atom. The van der Waals surface area contributed by atoms with Gasteiger partial charge in [0.05, 0.1) is 6.61 Å². The Kier molecular flexibility index (Phi) is 1.40. The lowest BCUT2D eigenvalue weighted by Gasteiger charge is -2.09. The number of carbonyl (C=O) groups is 1. The molecule has 1 rings (SSSR count). The van der Waals surface area contributed by atoms with Crippen LogP contribution in [0.5, 0.6) is 0 Å². The third-order valence-corrected chi connectivity index (χ3v) is 1.08. The Bertz CT molecular complexity index is 162. The fraction of sp³-hybridized carbons (Fsp3) is 0.400. The van der Waals surface area contributed by atoms with Gasteiger partial charge in [0.1, 0.15) is 0 Å². The number of carbonyl (C=O) groups excluding carboxylic acids is 1. The molecule has 0 aromatic rings. The Hall–Kier alpha value is -1.03. The molecule has 1 heterocycles. The highest BCUT2D eigenvalue weighted by atomic mass is 16.3. The van der Waals surface area contributed by atoms with Crippen molar-refractivity contribution in [1.29, 1.82) is 0 Å². The fourth-order valence-corrected chi connectivity index (χ4v) is 0.538. The summed E-state index contributed by atoms with van der Waals surface area (Å²) in [4.78, 5) is 17.5. The van der Waals surface area contributed by atoms with Crippen molar-refractivity contribution >= 4 is 18.7 Å². The second-order valence-corrected chi connectivity index (χ2v) is 1.71. The van der Waals surface area contributed by atoms with E-state index >= 15 is 0 Å². The van der Waals surface area contributed by atoms with E-state index in [9.17, 15) is 4.79 Å². The maximum Gasteiger partial charge on any atom is 0.228 e. The minimum absolute atomic E-state index is 0.358. The molecular formula is C5H6N2O2. The van der Waals surface area contributed by atoms with Gasteiger partial charge in [-0.3, -0.25) is 14.8 Å². The normalized spacial score (nSPS) is 20.6. The minimum atomic E-state index is -1.21. The van der Waals surface area contributed by atoms with Gasteiger partial charge in [0.15, 0.2) is 6.29 Å². The van der Waals surface area contributed by atoms with Crippen molar-refractivity contribution in [3.05, 3.63) is 0 Å². The molecule has 0 atom stereocenters. The van der Waals surface area contributed by atoms with E-state index in [-0.39, 0.29) is 6.61 Å². The minimum Gasteiger partial charge on any atom is -0.391 e. The van der Waals surface area contributed by atoms with Gasteiger partial charge in [-0.1, -0.05) is 0 Å². The summed E-state index contributed by atoms with van der Waals surface area (Å²) in [7, 11) is 0. The Morgan fingerprint density at radius 1 is 1.56 bits per heavy atom. The molecule has 0 aromatic carbocycles. The van der Waals surface area contributed by atoms with E-state index in [1.165, 1.54) is 12.4 Å². The number of aliphatic hydroxyl groups is 1. The van der Waals surface area contributed by atoms with Gasteiger partial charge in [0, 0.05) is 12.4 Å². The van der Waals surface area contributed by atoms with E-state index in [0.29, 0.717) is 6.29 Å². The first kappa shape index (κ1) is 6.10. The lowest BCUT2D eigenvalue weighted by atomic mass is 10.2. The van der Waals surface area contributed by atoms with Gasteiger partial charge in [0.2, 0.25) is 5.66 Å². The van der Waals surface area contributed by atoms with Crippen molar-refractivity contribution in [2.75, 3.05) is 6.61 Å². The highest BCUT2D eigenvalue weighted by Gasteiger charge is 2.27. The maximum atomic E-state index is 10.2. The average Bonchev–Trinajstić information content (AvgIpc) is 2.36. The largest absolute Gasteiger partial charge is 0.391 e. The summed E-state index contributed by atoms with van der Waals surface area (Å²) >= 11 is 0. The molecule has 0 aliphatic carbocycles. The molecule has 0 spiro atoms. The van der Waals surface area contributed by atoms with Crippen LogP contribution in [-0.2, 0) is 4.79 Å². The van der Waals surface area contributed by atoms with Crippen LogP contribution < -0.4 is 0 Å². The van der Waals surface area contributed by atoms with Gasteiger partial charge in [-0.25, -0.2) is 0 Å². The van der Waals surface area contributed by atoms with Gasteiger partial charge in [-0.15, -0.1) is 0 Å². The SMILES string of the molecule is O=CC1(CO)N=CC=N1. The van der Waals surface area contributed by atoms with Gasteiger partial charge in [0.25, 0.3) is 0 Å². The van der Waals surface area contributed by atoms with Crippen LogP contribution in [0.25, 0.3) is 0 Å². The molecular weight excluding hydrogens is 120 g/mol. The third kappa shape index (κ3) is 0.882. The first-order chi connectivity index (χ1) is 4.33. The average molecular weight is 126 g/mol. The number of hydrogen-bond acceptors (Lipinski definition) is 4. The standard InChI is InChI=1S/C5H6N2O2/c8-3-5(4-9)6-1-2-7-5/h1-3,9H,4H2. The second-order valence-electron chi connectivity index (χ2n) is 1.71. The van der Waals surface area contributed by atoms with Crippen LogP contribution in [0.1, 0.15) is 0 Å². The summed E-state index contributed by atoms with van der Waals surface area (Å²) in [5, 5.41) is 8.56. The van der Waals surface area contributed by atoms with Crippen LogP contribution in [-0.4, -0.2) is 36.1 Å². The third-order valence-electron chi connectivity index (χ3n) is 1.08. The summed E-state index contributed by atoms with van der Waals surface area (Å²) < 4.78 is 0. The van der Waals surface area contributed by atoms with Gasteiger partial charge in [-0.2, -0.15) is 0 Å². The van der Waals surface area contributed by atoms with Crippen LogP contribution in [0.2, 0.25) is 0 Å². The molecule has 0 fully saturated rings. The molecule has 0 radical (unpaired) electrons. The van der Waals surface area contributed by atoms with Crippen LogP contribution >= 0.6 is 0 Å². The van der Waals surface area contributed by atoms with E-state index in [2.05, 4.69) is 9.98 Å². The molecule has 0 aromatic heterocycles. The van der Waals surface area contributed by atoms with Crippen molar-refractivity contribution < 1.29 is 9.90 Å². The highest BCUT2D eigenvalue weighted by molar-refractivity contribution is 6.18. The lowest BCUT2D eigenvalue weighted by Crippen LogP contribution is -2.28. The number of nitrogens with zero attached hydrogens (tertiary/aromatic N) is 2. The molecule has 0 bridgehead atoms. The van der Waals surface area contributed by atoms with Crippen molar-refractivity contribution in [3.8, 4) is 0 Å². The zero-order chi connectivity index (χ0) is 6.74. The molecule has 0 saturated carbocycles. The second kappa shape index (κ2) is 2.06. The molecule has 4 heteroatoms. The van der Waals surface area contributed by atoms with E-state index in [1.54, 1.807) is 0 Å². The first-order valence-electron chi connectivity index (χ1n) is 2.49. The van der Waals surface area contributed by atoms with E-state index in [1.807, 2.05) is 0 Å². The van der Waals surface area contributed by atoms with Gasteiger partial charge < -0.3 is 5.11 Å². The van der Waals surface area contributed by atoms with Crippen molar-refractivity contribution in [3.63, 3.8) is 0 Å². The van der Waals surface area contributed by atoms with E-state index < -0.39 is 5.66 Å². The molecule has 4 nitrogen and oxygen atoms in total. The highest BCUT2D eigenvalue weighted by Crippen LogP contribution is 2.09. The smallest absolute Gasteiger partial charge is 0.228 e. The zero-order valence-electron chi connectivity index (χ0n) is 4.69. The Balaban J connectivity index is 2.81. The maximum absolute atomic E-state index is 10.2. The predicted molar refractivity (Wildman–Crippen MR) is 32.9 cm³/mol. The van der Waals surface area contributed by atoms with E-state index in [0.717, 1.165) is 0 Å². The molecule has 1 N–H and O–H groups in total. The Morgan fingerprint density at radius 3 is 2.33 bits per heavy atom. The summed E-state index contributed by atoms with van der Waals surface area (Å²) in [5.74, 6) is 0. The monoisotopic (exact) mass is 126 g/mol. The molecule has 1 aliphatic heterocycles. The number of aliphatic imine (C=N–C) groups is 2. The van der Waals surface area contributed by atoms with E-state index in [4.69, 9.17) is 5.11 Å². The summed E-state index contributed by atoms with van der Waals surface area (Å²) in [6.07, 6.45) is 3.31. The number of hydrogen-bond donors (Lipinski definition) is 1.